The van der Waals surface area contributed by atoms with E-state index in [1.54, 1.807) is 6.07 Å². The lowest BCUT2D eigenvalue weighted by molar-refractivity contribution is -0.386. The molecule has 0 radical (unpaired) electrons. The van der Waals surface area contributed by atoms with Gasteiger partial charge in [0.2, 0.25) is 11.0 Å². The third-order valence-corrected chi connectivity index (χ3v) is 5.95. The molecule has 3 aromatic carbocycles. The summed E-state index contributed by atoms with van der Waals surface area (Å²) in [5.41, 5.74) is 3.12. The molecular formula is C23H17N5O4S. The highest BCUT2D eigenvalue weighted by atomic mass is 32.2. The zero-order valence-corrected chi connectivity index (χ0v) is 17.9. The number of fused-ring (bicyclic) bond motifs is 3. The summed E-state index contributed by atoms with van der Waals surface area (Å²) in [6.07, 6.45) is -0.796. The lowest BCUT2D eigenvalue weighted by Gasteiger charge is -2.19. The number of ether oxygens (including phenoxy) is 1. The van der Waals surface area contributed by atoms with Gasteiger partial charge in [-0.05, 0) is 23.8 Å². The van der Waals surface area contributed by atoms with Crippen molar-refractivity contribution < 1.29 is 14.8 Å². The van der Waals surface area contributed by atoms with Crippen LogP contribution in [0.4, 0.5) is 11.4 Å². The molecule has 4 aromatic rings. The predicted molar refractivity (Wildman–Crippen MR) is 123 cm³/mol. The molecule has 1 aliphatic heterocycles. The molecule has 10 heteroatoms. The van der Waals surface area contributed by atoms with Gasteiger partial charge in [-0.2, -0.15) is 4.98 Å². The Labute approximate surface area is 192 Å². The molecule has 1 aliphatic rings. The van der Waals surface area contributed by atoms with Gasteiger partial charge < -0.3 is 15.2 Å². The van der Waals surface area contributed by atoms with E-state index >= 15 is 0 Å². The molecule has 164 valence electrons. The quantitative estimate of drug-likeness (QED) is 0.242. The first-order valence-electron chi connectivity index (χ1n) is 10.00. The van der Waals surface area contributed by atoms with Crippen LogP contribution in [0.3, 0.4) is 0 Å². The molecule has 0 aliphatic carbocycles. The number of rotatable bonds is 5. The van der Waals surface area contributed by atoms with E-state index in [1.165, 1.54) is 23.9 Å². The summed E-state index contributed by atoms with van der Waals surface area (Å²) >= 11 is 1.43. The molecule has 33 heavy (non-hydrogen) atoms. The first kappa shape index (κ1) is 20.7. The van der Waals surface area contributed by atoms with Gasteiger partial charge in [-0.1, -0.05) is 60.3 Å². The SMILES string of the molecule is O=[N+]([O-])c1cc([C@@H]2Nc3ccccc3-c3nnc(SCc4ccccc4)nc3O2)ccc1O. The molecule has 9 nitrogen and oxygen atoms in total. The van der Waals surface area contributed by atoms with Crippen LogP contribution >= 0.6 is 11.8 Å². The summed E-state index contributed by atoms with van der Waals surface area (Å²) in [6.45, 7) is 0. The summed E-state index contributed by atoms with van der Waals surface area (Å²) in [7, 11) is 0. The number of aromatic nitrogens is 3. The van der Waals surface area contributed by atoms with Crippen LogP contribution in [0.2, 0.25) is 0 Å². The Balaban J connectivity index is 1.52. The Hall–Kier alpha value is -4.18. The fourth-order valence-electron chi connectivity index (χ4n) is 3.43. The van der Waals surface area contributed by atoms with Crippen molar-refractivity contribution in [3.05, 3.63) is 94.0 Å². The van der Waals surface area contributed by atoms with E-state index in [1.807, 2.05) is 54.6 Å². The highest BCUT2D eigenvalue weighted by Crippen LogP contribution is 2.40. The first-order chi connectivity index (χ1) is 16.1. The van der Waals surface area contributed by atoms with Gasteiger partial charge in [-0.3, -0.25) is 10.1 Å². The smallest absolute Gasteiger partial charge is 0.311 e. The monoisotopic (exact) mass is 459 g/mol. The minimum absolute atomic E-state index is 0.263. The molecule has 1 atom stereocenters. The minimum atomic E-state index is -0.796. The number of benzene rings is 3. The number of nitro groups is 1. The van der Waals surface area contributed by atoms with Gasteiger partial charge in [-0.25, -0.2) is 0 Å². The topological polar surface area (TPSA) is 123 Å². The van der Waals surface area contributed by atoms with Crippen molar-refractivity contribution in [3.63, 3.8) is 0 Å². The Morgan fingerprint density at radius 3 is 2.67 bits per heavy atom. The van der Waals surface area contributed by atoms with E-state index in [0.717, 1.165) is 16.8 Å². The van der Waals surface area contributed by atoms with Gasteiger partial charge in [0.15, 0.2) is 17.7 Å². The number of hydrogen-bond donors (Lipinski definition) is 2. The van der Waals surface area contributed by atoms with Crippen LogP contribution in [0, 0.1) is 10.1 Å². The molecule has 0 saturated heterocycles. The summed E-state index contributed by atoms with van der Waals surface area (Å²) in [5, 5.41) is 33.5. The largest absolute Gasteiger partial charge is 0.502 e. The van der Waals surface area contributed by atoms with Gasteiger partial charge in [0.05, 0.1) is 4.92 Å². The number of phenols is 1. The van der Waals surface area contributed by atoms with E-state index in [-0.39, 0.29) is 5.88 Å². The number of hydrogen-bond acceptors (Lipinski definition) is 9. The summed E-state index contributed by atoms with van der Waals surface area (Å²) in [5.74, 6) is 0.518. The summed E-state index contributed by atoms with van der Waals surface area (Å²) < 4.78 is 6.15. The Morgan fingerprint density at radius 1 is 1.06 bits per heavy atom. The van der Waals surface area contributed by atoms with E-state index < -0.39 is 22.6 Å². The standard InChI is InChI=1S/C23H17N5O4S/c29-19-11-10-15(12-18(19)28(30)31)21-24-17-9-5-4-8-16(17)20-22(32-21)25-23(27-26-20)33-13-14-6-2-1-3-7-14/h1-12,21,24,29H,13H2/t21-/m1/s1. The second kappa shape index (κ2) is 8.75. The van der Waals surface area contributed by atoms with Crippen molar-refractivity contribution in [2.24, 2.45) is 0 Å². The second-order valence-corrected chi connectivity index (χ2v) is 8.16. The fourth-order valence-corrected chi connectivity index (χ4v) is 4.17. The van der Waals surface area contributed by atoms with Crippen molar-refractivity contribution in [2.75, 3.05) is 5.32 Å². The van der Waals surface area contributed by atoms with Crippen LogP contribution in [0.1, 0.15) is 17.4 Å². The number of thioether (sulfide) groups is 1. The van der Waals surface area contributed by atoms with Gasteiger partial charge >= 0.3 is 5.69 Å². The van der Waals surface area contributed by atoms with E-state index in [9.17, 15) is 15.2 Å². The number of anilines is 1. The number of aromatic hydroxyl groups is 1. The maximum absolute atomic E-state index is 11.3. The number of nitro benzene ring substituents is 1. The molecule has 5 rings (SSSR count). The second-order valence-electron chi connectivity index (χ2n) is 7.22. The molecule has 2 heterocycles. The summed E-state index contributed by atoms with van der Waals surface area (Å²) in [6, 6.07) is 21.5. The van der Waals surface area contributed by atoms with Crippen LogP contribution in [-0.4, -0.2) is 25.2 Å². The van der Waals surface area contributed by atoms with E-state index in [2.05, 4.69) is 20.5 Å². The Kier molecular flexibility index (Phi) is 5.49. The van der Waals surface area contributed by atoms with Crippen LogP contribution in [0.25, 0.3) is 11.3 Å². The average molecular weight is 459 g/mol. The van der Waals surface area contributed by atoms with Crippen molar-refractivity contribution in [1.82, 2.24) is 15.2 Å². The normalized spacial score (nSPS) is 14.2. The number of phenolic OH excluding ortho intramolecular Hbond substituents is 1. The highest BCUT2D eigenvalue weighted by Gasteiger charge is 2.27. The minimum Gasteiger partial charge on any atom is -0.502 e. The number of para-hydroxylation sites is 1. The zero-order chi connectivity index (χ0) is 22.8. The fraction of sp³-hybridized carbons (Fsp3) is 0.0870. The lowest BCUT2D eigenvalue weighted by Crippen LogP contribution is -2.17. The maximum atomic E-state index is 11.3. The van der Waals surface area contributed by atoms with Crippen LogP contribution < -0.4 is 10.1 Å². The number of nitrogens with zero attached hydrogens (tertiary/aromatic N) is 4. The number of nitrogens with one attached hydrogen (secondary N) is 1. The molecule has 2 N–H and O–H groups in total. The van der Waals surface area contributed by atoms with Crippen LogP contribution in [-0.2, 0) is 5.75 Å². The van der Waals surface area contributed by atoms with Crippen molar-refractivity contribution >= 4 is 23.1 Å². The molecule has 0 spiro atoms. The maximum Gasteiger partial charge on any atom is 0.311 e. The van der Waals surface area contributed by atoms with Crippen LogP contribution in [0.15, 0.2) is 78.0 Å². The van der Waals surface area contributed by atoms with Gasteiger partial charge in [-0.15, -0.1) is 10.2 Å². The third kappa shape index (κ3) is 4.28. The Morgan fingerprint density at radius 2 is 1.85 bits per heavy atom. The summed E-state index contributed by atoms with van der Waals surface area (Å²) in [4.78, 5) is 15.2. The molecule has 0 bridgehead atoms. The average Bonchev–Trinajstić information content (AvgIpc) is 3.00. The molecule has 0 fully saturated rings. The molecule has 1 aromatic heterocycles. The van der Waals surface area contributed by atoms with Crippen molar-refractivity contribution in [3.8, 4) is 22.9 Å². The van der Waals surface area contributed by atoms with Gasteiger partial charge in [0.25, 0.3) is 0 Å². The molecule has 0 amide bonds. The molecule has 0 unspecified atom stereocenters. The Bertz CT molecular complexity index is 1340. The lowest BCUT2D eigenvalue weighted by atomic mass is 10.1. The van der Waals surface area contributed by atoms with Gasteiger partial charge in [0.1, 0.15) is 0 Å². The first-order valence-corrected chi connectivity index (χ1v) is 11.0. The van der Waals surface area contributed by atoms with Gasteiger partial charge in [0, 0.05) is 28.6 Å². The van der Waals surface area contributed by atoms with E-state index in [0.29, 0.717) is 22.2 Å². The molecular weight excluding hydrogens is 442 g/mol. The van der Waals surface area contributed by atoms with Crippen LogP contribution in [0.5, 0.6) is 11.6 Å². The van der Waals surface area contributed by atoms with E-state index in [4.69, 9.17) is 4.74 Å². The molecule has 0 saturated carbocycles. The third-order valence-electron chi connectivity index (χ3n) is 5.04. The van der Waals surface area contributed by atoms with Crippen molar-refractivity contribution in [1.29, 1.82) is 0 Å². The zero-order valence-electron chi connectivity index (χ0n) is 17.1. The predicted octanol–water partition coefficient (Wildman–Crippen LogP) is 4.95. The van der Waals surface area contributed by atoms with Crippen molar-refractivity contribution in [2.45, 2.75) is 17.1 Å². The highest BCUT2D eigenvalue weighted by molar-refractivity contribution is 7.98.